The van der Waals surface area contributed by atoms with Gasteiger partial charge in [-0.2, -0.15) is 0 Å². The van der Waals surface area contributed by atoms with E-state index in [4.69, 9.17) is 9.26 Å². The summed E-state index contributed by atoms with van der Waals surface area (Å²) in [7, 11) is 1.65. The molecule has 0 unspecified atom stereocenters. The van der Waals surface area contributed by atoms with Gasteiger partial charge in [-0.15, -0.1) is 0 Å². The van der Waals surface area contributed by atoms with E-state index in [9.17, 15) is 9.59 Å². The largest absolute Gasteiger partial charge is 0.452 e. The Balaban J connectivity index is 1.63. The van der Waals surface area contributed by atoms with Gasteiger partial charge in [0.25, 0.3) is 5.91 Å². The third-order valence-corrected chi connectivity index (χ3v) is 3.89. The first-order chi connectivity index (χ1) is 12.1. The Morgan fingerprint density at radius 2 is 1.80 bits per heavy atom. The fourth-order valence-corrected chi connectivity index (χ4v) is 2.54. The summed E-state index contributed by atoms with van der Waals surface area (Å²) in [5, 5.41) is 4.66. The molecule has 128 valence electrons. The predicted octanol–water partition coefficient (Wildman–Crippen LogP) is 2.97. The summed E-state index contributed by atoms with van der Waals surface area (Å²) in [5.41, 5.74) is 1.84. The molecule has 1 heterocycles. The van der Waals surface area contributed by atoms with E-state index in [2.05, 4.69) is 5.16 Å². The number of benzene rings is 2. The highest BCUT2D eigenvalue weighted by Gasteiger charge is 2.23. The lowest BCUT2D eigenvalue weighted by molar-refractivity contribution is -0.153. The molecular formula is C19H18N2O4. The molecule has 0 spiro atoms. The van der Waals surface area contributed by atoms with Crippen molar-refractivity contribution in [1.29, 1.82) is 0 Å². The van der Waals surface area contributed by atoms with Crippen LogP contribution >= 0.6 is 0 Å². The highest BCUT2D eigenvalue weighted by Crippen LogP contribution is 2.19. The van der Waals surface area contributed by atoms with Crippen molar-refractivity contribution in [1.82, 2.24) is 5.16 Å². The van der Waals surface area contributed by atoms with Crippen LogP contribution in [0, 0.1) is 0 Å². The van der Waals surface area contributed by atoms with Crippen LogP contribution in [0.2, 0.25) is 0 Å². The second kappa shape index (κ2) is 7.17. The molecule has 0 aliphatic carbocycles. The monoisotopic (exact) mass is 338 g/mol. The molecule has 0 radical (unpaired) electrons. The zero-order valence-electron chi connectivity index (χ0n) is 14.0. The lowest BCUT2D eigenvalue weighted by atomic mass is 10.2. The van der Waals surface area contributed by atoms with E-state index in [-0.39, 0.29) is 12.3 Å². The SMILES string of the molecule is C[C@H](OC(=O)Cc1noc2ccccc12)C(=O)N(C)c1ccccc1. The minimum absolute atomic E-state index is 0.0519. The third-order valence-electron chi connectivity index (χ3n) is 3.89. The van der Waals surface area contributed by atoms with Crippen molar-refractivity contribution in [3.63, 3.8) is 0 Å². The van der Waals surface area contributed by atoms with Gasteiger partial charge in [-0.3, -0.25) is 9.59 Å². The van der Waals surface area contributed by atoms with Crippen molar-refractivity contribution in [3.8, 4) is 0 Å². The minimum atomic E-state index is -0.893. The molecule has 1 aromatic heterocycles. The average molecular weight is 338 g/mol. The number of hydrogen-bond donors (Lipinski definition) is 0. The molecule has 25 heavy (non-hydrogen) atoms. The molecule has 0 saturated carbocycles. The standard InChI is InChI=1S/C19H18N2O4/c1-13(19(23)21(2)14-8-4-3-5-9-14)24-18(22)12-16-15-10-6-7-11-17(15)25-20-16/h3-11,13H,12H2,1-2H3/t13-/m0/s1. The molecule has 1 amide bonds. The molecule has 2 aromatic carbocycles. The Labute approximate surface area is 145 Å². The number of nitrogens with zero attached hydrogens (tertiary/aromatic N) is 2. The molecule has 0 aliphatic heterocycles. The quantitative estimate of drug-likeness (QED) is 0.669. The molecule has 3 rings (SSSR count). The van der Waals surface area contributed by atoms with Crippen molar-refractivity contribution in [2.24, 2.45) is 0 Å². The van der Waals surface area contributed by atoms with Gasteiger partial charge in [-0.25, -0.2) is 0 Å². The van der Waals surface area contributed by atoms with E-state index in [1.807, 2.05) is 48.5 Å². The van der Waals surface area contributed by atoms with Gasteiger partial charge < -0.3 is 14.2 Å². The first kappa shape index (κ1) is 16.7. The molecule has 1 atom stereocenters. The normalized spacial score (nSPS) is 11.9. The van der Waals surface area contributed by atoms with E-state index >= 15 is 0 Å². The smallest absolute Gasteiger partial charge is 0.312 e. The second-order valence-electron chi connectivity index (χ2n) is 5.67. The second-order valence-corrected chi connectivity index (χ2v) is 5.67. The molecule has 3 aromatic rings. The fourth-order valence-electron chi connectivity index (χ4n) is 2.54. The number of para-hydroxylation sites is 2. The van der Waals surface area contributed by atoms with Crippen molar-refractivity contribution in [2.75, 3.05) is 11.9 Å². The molecule has 0 saturated heterocycles. The number of esters is 1. The third kappa shape index (κ3) is 3.68. The number of likely N-dealkylation sites (N-methyl/N-ethyl adjacent to an activating group) is 1. The Morgan fingerprint density at radius 3 is 2.56 bits per heavy atom. The predicted molar refractivity (Wildman–Crippen MR) is 93.1 cm³/mol. The maximum Gasteiger partial charge on any atom is 0.312 e. The molecule has 6 heteroatoms. The number of rotatable bonds is 5. The highest BCUT2D eigenvalue weighted by molar-refractivity contribution is 5.97. The number of fused-ring (bicyclic) bond motifs is 1. The van der Waals surface area contributed by atoms with Crippen LogP contribution in [0.25, 0.3) is 11.0 Å². The number of ether oxygens (including phenoxy) is 1. The first-order valence-electron chi connectivity index (χ1n) is 7.91. The molecule has 0 bridgehead atoms. The summed E-state index contributed by atoms with van der Waals surface area (Å²) >= 11 is 0. The van der Waals surface area contributed by atoms with E-state index < -0.39 is 12.1 Å². The van der Waals surface area contributed by atoms with E-state index in [0.717, 1.165) is 11.1 Å². The van der Waals surface area contributed by atoms with Gasteiger partial charge in [0.2, 0.25) is 0 Å². The van der Waals surface area contributed by atoms with Gasteiger partial charge in [0.05, 0.1) is 6.42 Å². The molecule has 0 aliphatic rings. The molecule has 0 N–H and O–H groups in total. The summed E-state index contributed by atoms with van der Waals surface area (Å²) in [6.45, 7) is 1.56. The van der Waals surface area contributed by atoms with Crippen LogP contribution in [0.15, 0.2) is 59.1 Å². The molecule has 6 nitrogen and oxygen atoms in total. The van der Waals surface area contributed by atoms with Crippen LogP contribution in [0.1, 0.15) is 12.6 Å². The van der Waals surface area contributed by atoms with Crippen LogP contribution < -0.4 is 4.90 Å². The van der Waals surface area contributed by atoms with E-state index in [1.165, 1.54) is 4.90 Å². The fraction of sp³-hybridized carbons (Fsp3) is 0.211. The van der Waals surface area contributed by atoms with Crippen molar-refractivity contribution < 1.29 is 18.8 Å². The van der Waals surface area contributed by atoms with Gasteiger partial charge >= 0.3 is 5.97 Å². The Hall–Kier alpha value is -3.15. The summed E-state index contributed by atoms with van der Waals surface area (Å²) in [6.07, 6.45) is -0.945. The molecular weight excluding hydrogens is 320 g/mol. The maximum atomic E-state index is 12.4. The van der Waals surface area contributed by atoms with Crippen LogP contribution in [-0.2, 0) is 20.7 Å². The Bertz CT molecular complexity index is 889. The molecule has 0 fully saturated rings. The van der Waals surface area contributed by atoms with Crippen LogP contribution in [0.5, 0.6) is 0 Å². The number of carbonyl (C=O) groups excluding carboxylic acids is 2. The summed E-state index contributed by atoms with van der Waals surface area (Å²) in [5.74, 6) is -0.828. The van der Waals surface area contributed by atoms with Crippen LogP contribution in [-0.4, -0.2) is 30.2 Å². The van der Waals surface area contributed by atoms with E-state index in [0.29, 0.717) is 11.3 Å². The van der Waals surface area contributed by atoms with Gasteiger partial charge in [0.15, 0.2) is 11.7 Å². The number of aromatic nitrogens is 1. The lowest BCUT2D eigenvalue weighted by Crippen LogP contribution is -2.37. The van der Waals surface area contributed by atoms with E-state index in [1.54, 1.807) is 20.0 Å². The lowest BCUT2D eigenvalue weighted by Gasteiger charge is -2.21. The van der Waals surface area contributed by atoms with Gasteiger partial charge in [0.1, 0.15) is 5.69 Å². The summed E-state index contributed by atoms with van der Waals surface area (Å²) in [6, 6.07) is 16.4. The van der Waals surface area contributed by atoms with Gasteiger partial charge in [-0.1, -0.05) is 35.5 Å². The zero-order chi connectivity index (χ0) is 17.8. The zero-order valence-corrected chi connectivity index (χ0v) is 14.0. The van der Waals surface area contributed by atoms with Gasteiger partial charge in [0, 0.05) is 18.1 Å². The van der Waals surface area contributed by atoms with Crippen LogP contribution in [0.4, 0.5) is 5.69 Å². The Morgan fingerprint density at radius 1 is 1.12 bits per heavy atom. The number of carbonyl (C=O) groups is 2. The number of hydrogen-bond acceptors (Lipinski definition) is 5. The average Bonchev–Trinajstić information content (AvgIpc) is 3.04. The highest BCUT2D eigenvalue weighted by atomic mass is 16.5. The van der Waals surface area contributed by atoms with Crippen LogP contribution in [0.3, 0.4) is 0 Å². The first-order valence-corrected chi connectivity index (χ1v) is 7.91. The number of amides is 1. The minimum Gasteiger partial charge on any atom is -0.452 e. The van der Waals surface area contributed by atoms with Crippen molar-refractivity contribution in [3.05, 3.63) is 60.3 Å². The number of anilines is 1. The summed E-state index contributed by atoms with van der Waals surface area (Å²) in [4.78, 5) is 26.0. The summed E-state index contributed by atoms with van der Waals surface area (Å²) < 4.78 is 10.4. The van der Waals surface area contributed by atoms with Gasteiger partial charge in [-0.05, 0) is 31.2 Å². The topological polar surface area (TPSA) is 72.6 Å². The maximum absolute atomic E-state index is 12.4. The van der Waals surface area contributed by atoms with Crippen molar-refractivity contribution in [2.45, 2.75) is 19.4 Å². The Kier molecular flexibility index (Phi) is 4.79. The van der Waals surface area contributed by atoms with Crippen molar-refractivity contribution >= 4 is 28.5 Å².